The van der Waals surface area contributed by atoms with Crippen molar-refractivity contribution in [2.24, 2.45) is 0 Å². The highest BCUT2D eigenvalue weighted by atomic mass is 32.2. The third kappa shape index (κ3) is 4.68. The number of H-pyrrole nitrogens is 1. The topological polar surface area (TPSA) is 118 Å². The molecule has 2 heterocycles. The SMILES string of the molecule is CCOC(=O)c1ccc(-c2ccc(C=C(Sc3n[nH]c(C)n3)C(=O)O)o2)cc1. The van der Waals surface area contributed by atoms with Gasteiger partial charge in [-0.15, -0.1) is 5.10 Å². The maximum absolute atomic E-state index is 11.7. The molecule has 144 valence electrons. The molecule has 3 aromatic rings. The number of hydrogen-bond donors (Lipinski definition) is 2. The number of aliphatic carboxylic acids is 1. The predicted molar refractivity (Wildman–Crippen MR) is 103 cm³/mol. The molecule has 9 heteroatoms. The molecule has 0 bridgehead atoms. The van der Waals surface area contributed by atoms with Gasteiger partial charge < -0.3 is 14.3 Å². The third-order valence-electron chi connectivity index (χ3n) is 3.57. The number of carboxylic acid groups (broad SMARTS) is 1. The number of hydrogen-bond acceptors (Lipinski definition) is 7. The predicted octanol–water partition coefficient (Wildman–Crippen LogP) is 3.77. The number of aromatic nitrogens is 3. The number of esters is 1. The van der Waals surface area contributed by atoms with Crippen LogP contribution in [0.4, 0.5) is 0 Å². The number of carboxylic acids is 1. The number of ether oxygens (including phenoxy) is 1. The lowest BCUT2D eigenvalue weighted by Gasteiger charge is -2.02. The molecule has 2 N–H and O–H groups in total. The van der Waals surface area contributed by atoms with Gasteiger partial charge >= 0.3 is 11.9 Å². The molecule has 3 rings (SSSR count). The summed E-state index contributed by atoms with van der Waals surface area (Å²) in [6.07, 6.45) is 1.41. The molecule has 0 aliphatic rings. The molecule has 0 aliphatic carbocycles. The highest BCUT2D eigenvalue weighted by Gasteiger charge is 2.15. The molecule has 0 spiro atoms. The summed E-state index contributed by atoms with van der Waals surface area (Å²) in [6.45, 7) is 3.79. The summed E-state index contributed by atoms with van der Waals surface area (Å²) in [6, 6.07) is 10.2. The zero-order chi connectivity index (χ0) is 20.1. The number of aromatic amines is 1. The van der Waals surface area contributed by atoms with Gasteiger partial charge in [-0.3, -0.25) is 5.10 Å². The first-order valence-electron chi connectivity index (χ1n) is 8.35. The number of benzene rings is 1. The van der Waals surface area contributed by atoms with Crippen molar-refractivity contribution in [3.63, 3.8) is 0 Å². The lowest BCUT2D eigenvalue weighted by Crippen LogP contribution is -2.03. The Bertz CT molecular complexity index is 1020. The van der Waals surface area contributed by atoms with Gasteiger partial charge in [0.05, 0.1) is 12.2 Å². The summed E-state index contributed by atoms with van der Waals surface area (Å²) in [7, 11) is 0. The van der Waals surface area contributed by atoms with Crippen LogP contribution in [0.15, 0.2) is 50.9 Å². The van der Waals surface area contributed by atoms with E-state index in [1.54, 1.807) is 50.2 Å². The molecule has 8 nitrogen and oxygen atoms in total. The lowest BCUT2D eigenvalue weighted by molar-refractivity contribution is -0.131. The van der Waals surface area contributed by atoms with Crippen LogP contribution in [0.5, 0.6) is 0 Å². The molecule has 0 aliphatic heterocycles. The van der Waals surface area contributed by atoms with Crippen molar-refractivity contribution >= 4 is 29.8 Å². The zero-order valence-electron chi connectivity index (χ0n) is 15.1. The quantitative estimate of drug-likeness (QED) is 0.350. The minimum absolute atomic E-state index is 0.0255. The molecule has 0 unspecified atom stereocenters. The van der Waals surface area contributed by atoms with Crippen molar-refractivity contribution in [2.75, 3.05) is 6.61 Å². The normalized spacial score (nSPS) is 11.4. The number of thioether (sulfide) groups is 1. The van der Waals surface area contributed by atoms with E-state index in [1.165, 1.54) is 6.08 Å². The summed E-state index contributed by atoms with van der Waals surface area (Å²) in [5.74, 6) is 0.0252. The van der Waals surface area contributed by atoms with Gasteiger partial charge in [-0.05, 0) is 49.9 Å². The van der Waals surface area contributed by atoms with E-state index in [1.807, 2.05) is 0 Å². The minimum Gasteiger partial charge on any atom is -0.477 e. The van der Waals surface area contributed by atoms with Crippen molar-refractivity contribution in [3.05, 3.63) is 58.5 Å². The summed E-state index contributed by atoms with van der Waals surface area (Å²) >= 11 is 0.924. The number of furan rings is 1. The Balaban J connectivity index is 1.79. The summed E-state index contributed by atoms with van der Waals surface area (Å²) in [4.78, 5) is 27.3. The summed E-state index contributed by atoms with van der Waals surface area (Å²) < 4.78 is 10.7. The number of nitrogens with zero attached hydrogens (tertiary/aromatic N) is 2. The van der Waals surface area contributed by atoms with Crippen LogP contribution in [0.25, 0.3) is 17.4 Å². The summed E-state index contributed by atoms with van der Waals surface area (Å²) in [5.41, 5.74) is 1.20. The molecule has 0 amide bonds. The van der Waals surface area contributed by atoms with Crippen LogP contribution in [0, 0.1) is 6.92 Å². The van der Waals surface area contributed by atoms with Crippen LogP contribution in [-0.4, -0.2) is 38.8 Å². The van der Waals surface area contributed by atoms with Crippen LogP contribution in [0.1, 0.15) is 28.9 Å². The van der Waals surface area contributed by atoms with Crippen LogP contribution in [-0.2, 0) is 9.53 Å². The first-order valence-corrected chi connectivity index (χ1v) is 9.17. The van der Waals surface area contributed by atoms with Gasteiger partial charge in [0, 0.05) is 11.6 Å². The van der Waals surface area contributed by atoms with E-state index >= 15 is 0 Å². The van der Waals surface area contributed by atoms with Crippen LogP contribution < -0.4 is 0 Å². The zero-order valence-corrected chi connectivity index (χ0v) is 15.9. The van der Waals surface area contributed by atoms with E-state index in [4.69, 9.17) is 9.15 Å². The fourth-order valence-corrected chi connectivity index (χ4v) is 3.03. The van der Waals surface area contributed by atoms with Gasteiger partial charge in [-0.2, -0.15) is 0 Å². The van der Waals surface area contributed by atoms with Crippen LogP contribution in [0.3, 0.4) is 0 Å². The second kappa shape index (κ2) is 8.57. The van der Waals surface area contributed by atoms with Crippen molar-refractivity contribution in [3.8, 4) is 11.3 Å². The molecular weight excluding hydrogens is 382 g/mol. The molecule has 0 radical (unpaired) electrons. The molecule has 28 heavy (non-hydrogen) atoms. The van der Waals surface area contributed by atoms with E-state index in [0.717, 1.165) is 17.3 Å². The molecule has 1 aromatic carbocycles. The van der Waals surface area contributed by atoms with Crippen molar-refractivity contribution < 1.29 is 23.8 Å². The van der Waals surface area contributed by atoms with Gasteiger partial charge in [-0.25, -0.2) is 14.6 Å². The summed E-state index contributed by atoms with van der Waals surface area (Å²) in [5, 5.41) is 16.3. The number of carbonyl (C=O) groups excluding carboxylic acids is 1. The van der Waals surface area contributed by atoms with E-state index in [0.29, 0.717) is 34.7 Å². The van der Waals surface area contributed by atoms with E-state index in [-0.39, 0.29) is 10.9 Å². The van der Waals surface area contributed by atoms with Crippen molar-refractivity contribution in [1.82, 2.24) is 15.2 Å². The largest absolute Gasteiger partial charge is 0.477 e. The van der Waals surface area contributed by atoms with Crippen LogP contribution >= 0.6 is 11.8 Å². The fraction of sp³-hybridized carbons (Fsp3) is 0.158. The maximum atomic E-state index is 11.7. The highest BCUT2D eigenvalue weighted by Crippen LogP contribution is 2.28. The molecule has 0 saturated heterocycles. The van der Waals surface area contributed by atoms with Gasteiger partial charge in [0.1, 0.15) is 22.3 Å². The monoisotopic (exact) mass is 399 g/mol. The first kappa shape index (κ1) is 19.4. The molecular formula is C19H17N3O5S. The van der Waals surface area contributed by atoms with Crippen molar-refractivity contribution in [1.29, 1.82) is 0 Å². The fourth-order valence-electron chi connectivity index (χ4n) is 2.30. The smallest absolute Gasteiger partial charge is 0.342 e. The highest BCUT2D eigenvalue weighted by molar-refractivity contribution is 8.04. The number of carbonyl (C=O) groups is 2. The first-order chi connectivity index (χ1) is 13.5. The Morgan fingerprint density at radius 2 is 2.00 bits per heavy atom. The minimum atomic E-state index is -1.11. The van der Waals surface area contributed by atoms with Crippen LogP contribution in [0.2, 0.25) is 0 Å². The van der Waals surface area contributed by atoms with E-state index in [2.05, 4.69) is 15.2 Å². The number of aryl methyl sites for hydroxylation is 1. The Morgan fingerprint density at radius 1 is 1.25 bits per heavy atom. The standard InChI is InChI=1S/C19H17N3O5S/c1-3-26-18(25)13-6-4-12(5-7-13)15-9-8-14(27-15)10-16(17(23)24)28-19-20-11(2)21-22-19/h4-10H,3H2,1-2H3,(H,23,24)(H,20,21,22). The maximum Gasteiger partial charge on any atom is 0.342 e. The average molecular weight is 399 g/mol. The second-order valence-electron chi connectivity index (χ2n) is 5.62. The second-order valence-corrected chi connectivity index (χ2v) is 6.63. The number of nitrogens with one attached hydrogen (secondary N) is 1. The van der Waals surface area contributed by atoms with Gasteiger partial charge in [0.2, 0.25) is 5.16 Å². The molecule has 2 aromatic heterocycles. The average Bonchev–Trinajstić information content (AvgIpc) is 3.30. The Hall–Kier alpha value is -3.33. The molecule has 0 saturated carbocycles. The van der Waals surface area contributed by atoms with Gasteiger partial charge in [0.15, 0.2) is 0 Å². The Morgan fingerprint density at radius 3 is 2.61 bits per heavy atom. The Kier molecular flexibility index (Phi) is 5.95. The molecule has 0 fully saturated rings. The van der Waals surface area contributed by atoms with Gasteiger partial charge in [0.25, 0.3) is 0 Å². The van der Waals surface area contributed by atoms with E-state index < -0.39 is 5.97 Å². The third-order valence-corrected chi connectivity index (χ3v) is 4.45. The number of rotatable bonds is 7. The van der Waals surface area contributed by atoms with Gasteiger partial charge in [-0.1, -0.05) is 12.1 Å². The molecule has 0 atom stereocenters. The van der Waals surface area contributed by atoms with E-state index in [9.17, 15) is 14.7 Å². The lowest BCUT2D eigenvalue weighted by atomic mass is 10.1. The Labute approximate surface area is 164 Å². The van der Waals surface area contributed by atoms with Crippen molar-refractivity contribution in [2.45, 2.75) is 19.0 Å².